The van der Waals surface area contributed by atoms with E-state index in [-0.39, 0.29) is 24.0 Å². The molecule has 1 saturated heterocycles. The number of nitrogens with zero attached hydrogens (tertiary/aromatic N) is 3. The van der Waals surface area contributed by atoms with Crippen LogP contribution in [0.15, 0.2) is 35.3 Å². The molecule has 1 aliphatic heterocycles. The van der Waals surface area contributed by atoms with Gasteiger partial charge in [0.25, 0.3) is 0 Å². The van der Waals surface area contributed by atoms with Crippen molar-refractivity contribution in [3.05, 3.63) is 35.9 Å². The molecule has 1 aliphatic rings. The zero-order valence-electron chi connectivity index (χ0n) is 16.4. The number of piperidine rings is 1. The summed E-state index contributed by atoms with van der Waals surface area (Å²) in [7, 11) is 4.02. The first-order valence-electron chi connectivity index (χ1n) is 9.67. The highest BCUT2D eigenvalue weighted by molar-refractivity contribution is 14.0. The smallest absolute Gasteiger partial charge is 0.191 e. The van der Waals surface area contributed by atoms with Crippen molar-refractivity contribution in [3.63, 3.8) is 0 Å². The summed E-state index contributed by atoms with van der Waals surface area (Å²) in [5.41, 5.74) is 1.37. The quantitative estimate of drug-likeness (QED) is 0.251. The molecule has 1 heterocycles. The second kappa shape index (κ2) is 14.2. The molecule has 0 atom stereocenters. The third-order valence-corrected chi connectivity index (χ3v) is 4.70. The average molecular weight is 473 g/mol. The fourth-order valence-electron chi connectivity index (χ4n) is 3.27. The standard InChI is InChI=1S/C20H35N5.HI/c1-21-20(23-13-17-25-15-7-4-8-16-25)22-12-9-14-24(2)18-19-10-5-3-6-11-19;/h3,5-6,10-11H,4,7-9,12-18H2,1-2H3,(H2,21,22,23);1H. The summed E-state index contributed by atoms with van der Waals surface area (Å²) >= 11 is 0. The van der Waals surface area contributed by atoms with Gasteiger partial charge in [-0.05, 0) is 51.5 Å². The third-order valence-electron chi connectivity index (χ3n) is 4.70. The first-order valence-corrected chi connectivity index (χ1v) is 9.67. The maximum absolute atomic E-state index is 4.32. The summed E-state index contributed by atoms with van der Waals surface area (Å²) in [6, 6.07) is 10.6. The molecule has 6 heteroatoms. The van der Waals surface area contributed by atoms with Gasteiger partial charge in [0.05, 0.1) is 0 Å². The van der Waals surface area contributed by atoms with Crippen LogP contribution in [-0.4, -0.2) is 69.1 Å². The molecular weight excluding hydrogens is 437 g/mol. The summed E-state index contributed by atoms with van der Waals surface area (Å²) in [6.07, 6.45) is 5.20. The van der Waals surface area contributed by atoms with Gasteiger partial charge < -0.3 is 20.4 Å². The van der Waals surface area contributed by atoms with E-state index in [1.807, 2.05) is 7.05 Å². The molecule has 1 fully saturated rings. The molecule has 148 valence electrons. The molecular formula is C20H36IN5. The zero-order valence-corrected chi connectivity index (χ0v) is 18.7. The van der Waals surface area contributed by atoms with Crippen molar-refractivity contribution in [2.24, 2.45) is 4.99 Å². The van der Waals surface area contributed by atoms with Crippen LogP contribution in [0.3, 0.4) is 0 Å². The molecule has 0 spiro atoms. The Balaban J connectivity index is 0.00000338. The summed E-state index contributed by atoms with van der Waals surface area (Å²) in [5.74, 6) is 0.919. The van der Waals surface area contributed by atoms with Crippen LogP contribution in [-0.2, 0) is 6.54 Å². The monoisotopic (exact) mass is 473 g/mol. The van der Waals surface area contributed by atoms with E-state index in [2.05, 4.69) is 62.8 Å². The predicted molar refractivity (Wildman–Crippen MR) is 122 cm³/mol. The number of halogens is 1. The summed E-state index contributed by atoms with van der Waals surface area (Å²) in [6.45, 7) is 7.61. The minimum Gasteiger partial charge on any atom is -0.356 e. The number of rotatable bonds is 9. The Morgan fingerprint density at radius 3 is 2.46 bits per heavy atom. The van der Waals surface area contributed by atoms with Gasteiger partial charge in [-0.15, -0.1) is 24.0 Å². The lowest BCUT2D eigenvalue weighted by Gasteiger charge is -2.26. The van der Waals surface area contributed by atoms with Crippen molar-refractivity contribution < 1.29 is 0 Å². The molecule has 2 N–H and O–H groups in total. The molecule has 0 bridgehead atoms. The zero-order chi connectivity index (χ0) is 17.7. The van der Waals surface area contributed by atoms with Crippen LogP contribution in [0, 0.1) is 0 Å². The fraction of sp³-hybridized carbons (Fsp3) is 0.650. The van der Waals surface area contributed by atoms with Gasteiger partial charge in [0.15, 0.2) is 5.96 Å². The summed E-state index contributed by atoms with van der Waals surface area (Å²) in [4.78, 5) is 9.23. The maximum atomic E-state index is 4.32. The lowest BCUT2D eigenvalue weighted by molar-refractivity contribution is 0.232. The highest BCUT2D eigenvalue weighted by atomic mass is 127. The molecule has 0 saturated carbocycles. The summed E-state index contributed by atoms with van der Waals surface area (Å²) < 4.78 is 0. The minimum absolute atomic E-state index is 0. The number of hydrogen-bond acceptors (Lipinski definition) is 3. The molecule has 0 unspecified atom stereocenters. The van der Waals surface area contributed by atoms with Gasteiger partial charge in [0.1, 0.15) is 0 Å². The van der Waals surface area contributed by atoms with E-state index in [1.54, 1.807) is 0 Å². The lowest BCUT2D eigenvalue weighted by Crippen LogP contribution is -2.43. The molecule has 0 amide bonds. The van der Waals surface area contributed by atoms with Gasteiger partial charge in [-0.1, -0.05) is 36.8 Å². The highest BCUT2D eigenvalue weighted by Crippen LogP contribution is 2.07. The first kappa shape index (κ1) is 23.2. The molecule has 0 aliphatic carbocycles. The minimum atomic E-state index is 0. The Morgan fingerprint density at radius 1 is 1.08 bits per heavy atom. The van der Waals surface area contributed by atoms with E-state index in [0.29, 0.717) is 0 Å². The Hall–Kier alpha value is -0.860. The maximum Gasteiger partial charge on any atom is 0.191 e. The lowest BCUT2D eigenvalue weighted by atomic mass is 10.1. The predicted octanol–water partition coefficient (Wildman–Crippen LogP) is 2.78. The van der Waals surface area contributed by atoms with Gasteiger partial charge in [-0.2, -0.15) is 0 Å². The Labute approximate surface area is 176 Å². The third kappa shape index (κ3) is 9.73. The van der Waals surface area contributed by atoms with E-state index >= 15 is 0 Å². The van der Waals surface area contributed by atoms with Gasteiger partial charge in [0, 0.05) is 33.2 Å². The van der Waals surface area contributed by atoms with E-state index in [9.17, 15) is 0 Å². The molecule has 1 aromatic rings. The largest absolute Gasteiger partial charge is 0.356 e. The van der Waals surface area contributed by atoms with E-state index in [0.717, 1.165) is 45.1 Å². The number of nitrogens with one attached hydrogen (secondary N) is 2. The highest BCUT2D eigenvalue weighted by Gasteiger charge is 2.09. The van der Waals surface area contributed by atoms with E-state index in [1.165, 1.54) is 37.9 Å². The SMILES string of the molecule is CN=C(NCCCN(C)Cc1ccccc1)NCCN1CCCCC1.I. The van der Waals surface area contributed by atoms with Crippen molar-refractivity contribution in [1.29, 1.82) is 0 Å². The molecule has 5 nitrogen and oxygen atoms in total. The van der Waals surface area contributed by atoms with E-state index in [4.69, 9.17) is 0 Å². The Bertz CT molecular complexity index is 488. The molecule has 1 aromatic carbocycles. The number of guanidine groups is 1. The van der Waals surface area contributed by atoms with E-state index < -0.39 is 0 Å². The fourth-order valence-corrected chi connectivity index (χ4v) is 3.27. The number of likely N-dealkylation sites (tertiary alicyclic amines) is 1. The van der Waals surface area contributed by atoms with Crippen LogP contribution >= 0.6 is 24.0 Å². The van der Waals surface area contributed by atoms with Crippen LogP contribution in [0.25, 0.3) is 0 Å². The summed E-state index contributed by atoms with van der Waals surface area (Å²) in [5, 5.41) is 6.85. The Kier molecular flexibility index (Phi) is 12.7. The second-order valence-electron chi connectivity index (χ2n) is 6.91. The van der Waals surface area contributed by atoms with Gasteiger partial charge in [-0.25, -0.2) is 0 Å². The van der Waals surface area contributed by atoms with Crippen molar-refractivity contribution >= 4 is 29.9 Å². The molecule has 2 rings (SSSR count). The van der Waals surface area contributed by atoms with Crippen LogP contribution in [0.2, 0.25) is 0 Å². The van der Waals surface area contributed by atoms with Crippen LogP contribution in [0.1, 0.15) is 31.2 Å². The Morgan fingerprint density at radius 2 is 1.77 bits per heavy atom. The second-order valence-corrected chi connectivity index (χ2v) is 6.91. The van der Waals surface area contributed by atoms with Crippen LogP contribution in [0.4, 0.5) is 0 Å². The first-order chi connectivity index (χ1) is 12.3. The van der Waals surface area contributed by atoms with Gasteiger partial charge in [0.2, 0.25) is 0 Å². The number of hydrogen-bond donors (Lipinski definition) is 2. The molecule has 26 heavy (non-hydrogen) atoms. The van der Waals surface area contributed by atoms with Crippen molar-refractivity contribution in [3.8, 4) is 0 Å². The van der Waals surface area contributed by atoms with Gasteiger partial charge in [-0.3, -0.25) is 4.99 Å². The normalized spacial score (nSPS) is 15.6. The van der Waals surface area contributed by atoms with Crippen molar-refractivity contribution in [2.75, 3.05) is 53.4 Å². The van der Waals surface area contributed by atoms with Crippen LogP contribution < -0.4 is 10.6 Å². The molecule has 0 aromatic heterocycles. The topological polar surface area (TPSA) is 42.9 Å². The average Bonchev–Trinajstić information content (AvgIpc) is 2.65. The van der Waals surface area contributed by atoms with Crippen molar-refractivity contribution in [1.82, 2.24) is 20.4 Å². The number of aliphatic imine (C=N–C) groups is 1. The van der Waals surface area contributed by atoms with Crippen LogP contribution in [0.5, 0.6) is 0 Å². The molecule has 0 radical (unpaired) electrons. The van der Waals surface area contributed by atoms with Crippen molar-refractivity contribution in [2.45, 2.75) is 32.2 Å². The number of benzene rings is 1. The van der Waals surface area contributed by atoms with Gasteiger partial charge >= 0.3 is 0 Å².